The van der Waals surface area contributed by atoms with Crippen LogP contribution in [0.3, 0.4) is 0 Å². The second-order valence-corrected chi connectivity index (χ2v) is 5.19. The van der Waals surface area contributed by atoms with Crippen molar-refractivity contribution in [3.8, 4) is 5.75 Å². The van der Waals surface area contributed by atoms with E-state index >= 15 is 0 Å². The van der Waals surface area contributed by atoms with Gasteiger partial charge in [-0.2, -0.15) is 0 Å². The zero-order chi connectivity index (χ0) is 13.2. The molecule has 17 heavy (non-hydrogen) atoms. The number of aliphatic carboxylic acids is 1. The highest BCUT2D eigenvalue weighted by Crippen LogP contribution is 2.39. The van der Waals surface area contributed by atoms with Crippen molar-refractivity contribution in [2.24, 2.45) is 0 Å². The van der Waals surface area contributed by atoms with Crippen LogP contribution in [-0.4, -0.2) is 18.2 Å². The van der Waals surface area contributed by atoms with Crippen LogP contribution in [0.1, 0.15) is 31.4 Å². The number of benzene rings is 1. The topological polar surface area (TPSA) is 46.5 Å². The van der Waals surface area contributed by atoms with Crippen molar-refractivity contribution in [1.82, 2.24) is 0 Å². The van der Waals surface area contributed by atoms with Crippen LogP contribution in [0.5, 0.6) is 5.75 Å². The Morgan fingerprint density at radius 3 is 2.53 bits per heavy atom. The quantitative estimate of drug-likeness (QED) is 0.898. The van der Waals surface area contributed by atoms with Crippen LogP contribution in [0.25, 0.3) is 0 Å². The van der Waals surface area contributed by atoms with E-state index in [4.69, 9.17) is 21.4 Å². The summed E-state index contributed by atoms with van der Waals surface area (Å²) in [5.74, 6) is -0.279. The number of rotatable bonds is 4. The van der Waals surface area contributed by atoms with Gasteiger partial charge in [-0.1, -0.05) is 31.5 Å². The predicted octanol–water partition coefficient (Wildman–Crippen LogP) is 3.41. The lowest BCUT2D eigenvalue weighted by Crippen LogP contribution is -2.22. The third-order valence-corrected chi connectivity index (χ3v) is 3.00. The summed E-state index contributed by atoms with van der Waals surface area (Å²) in [6.45, 7) is 5.66. The molecule has 0 aromatic heterocycles. The first kappa shape index (κ1) is 13.8. The van der Waals surface area contributed by atoms with E-state index in [9.17, 15) is 4.79 Å². The molecule has 0 saturated carbocycles. The van der Waals surface area contributed by atoms with E-state index in [0.717, 1.165) is 11.1 Å². The van der Waals surface area contributed by atoms with Gasteiger partial charge in [0, 0.05) is 11.0 Å². The van der Waals surface area contributed by atoms with Crippen molar-refractivity contribution >= 4 is 17.6 Å². The van der Waals surface area contributed by atoms with E-state index < -0.39 is 11.4 Å². The van der Waals surface area contributed by atoms with E-state index in [1.165, 1.54) is 7.11 Å². The summed E-state index contributed by atoms with van der Waals surface area (Å²) in [7, 11) is 1.54. The second-order valence-electron chi connectivity index (χ2n) is 4.78. The molecule has 0 heterocycles. The van der Waals surface area contributed by atoms with Gasteiger partial charge in [0.1, 0.15) is 5.75 Å². The number of hydrogen-bond acceptors (Lipinski definition) is 2. The molecule has 0 aliphatic carbocycles. The fraction of sp³-hybridized carbons (Fsp3) is 0.462. The molecule has 0 bridgehead atoms. The molecule has 0 amide bonds. The van der Waals surface area contributed by atoms with Gasteiger partial charge in [0.05, 0.1) is 18.6 Å². The van der Waals surface area contributed by atoms with Crippen molar-refractivity contribution in [3.63, 3.8) is 0 Å². The van der Waals surface area contributed by atoms with Gasteiger partial charge in [-0.25, -0.2) is 0 Å². The van der Waals surface area contributed by atoms with E-state index in [2.05, 4.69) is 0 Å². The lowest BCUT2D eigenvalue weighted by molar-refractivity contribution is -0.138. The fourth-order valence-electron chi connectivity index (χ4n) is 1.91. The Morgan fingerprint density at radius 1 is 1.47 bits per heavy atom. The Labute approximate surface area is 106 Å². The first-order valence-corrected chi connectivity index (χ1v) is 5.72. The minimum absolute atomic E-state index is 0.0309. The van der Waals surface area contributed by atoms with Crippen molar-refractivity contribution < 1.29 is 14.6 Å². The fourth-order valence-corrected chi connectivity index (χ4v) is 2.26. The summed E-state index contributed by atoms with van der Waals surface area (Å²) in [6, 6.07) is 3.73. The number of aryl methyl sites for hydroxylation is 1. The van der Waals surface area contributed by atoms with E-state index in [1.807, 2.05) is 26.8 Å². The highest BCUT2D eigenvalue weighted by atomic mass is 35.5. The molecule has 0 radical (unpaired) electrons. The second kappa shape index (κ2) is 4.96. The number of halogens is 1. The molecule has 0 saturated heterocycles. The van der Waals surface area contributed by atoms with Crippen LogP contribution in [0.2, 0.25) is 5.02 Å². The Kier molecular flexibility index (Phi) is 4.04. The number of carboxylic acids is 1. The predicted molar refractivity (Wildman–Crippen MR) is 68.0 cm³/mol. The van der Waals surface area contributed by atoms with Crippen LogP contribution in [-0.2, 0) is 10.2 Å². The zero-order valence-corrected chi connectivity index (χ0v) is 11.3. The highest BCUT2D eigenvalue weighted by Gasteiger charge is 2.28. The lowest BCUT2D eigenvalue weighted by atomic mass is 9.80. The maximum atomic E-state index is 10.9. The molecular weight excluding hydrogens is 240 g/mol. The Hall–Kier alpha value is -1.22. The van der Waals surface area contributed by atoms with Crippen LogP contribution in [0.4, 0.5) is 0 Å². The minimum atomic E-state index is -0.838. The molecule has 3 nitrogen and oxygen atoms in total. The molecule has 1 aromatic carbocycles. The maximum absolute atomic E-state index is 10.9. The van der Waals surface area contributed by atoms with Gasteiger partial charge in [-0.15, -0.1) is 0 Å². The molecule has 1 N–H and O–H groups in total. The minimum Gasteiger partial charge on any atom is -0.495 e. The molecule has 4 heteroatoms. The first-order valence-electron chi connectivity index (χ1n) is 5.34. The van der Waals surface area contributed by atoms with E-state index in [0.29, 0.717) is 10.8 Å². The summed E-state index contributed by atoms with van der Waals surface area (Å²) in [4.78, 5) is 10.9. The molecular formula is C13H17ClO3. The van der Waals surface area contributed by atoms with Gasteiger partial charge >= 0.3 is 5.97 Å². The molecule has 0 aliphatic rings. The number of ether oxygens (including phenoxy) is 1. The third kappa shape index (κ3) is 3.13. The molecule has 0 fully saturated rings. The molecule has 94 valence electrons. The van der Waals surface area contributed by atoms with Gasteiger partial charge in [0.25, 0.3) is 0 Å². The largest absolute Gasteiger partial charge is 0.495 e. The van der Waals surface area contributed by atoms with Crippen LogP contribution in [0.15, 0.2) is 12.1 Å². The highest BCUT2D eigenvalue weighted by molar-refractivity contribution is 6.32. The standard InChI is InChI=1S/C13H17ClO3/c1-8-5-9(12(17-4)10(14)6-8)13(2,3)7-11(15)16/h5-6H,7H2,1-4H3,(H,15,16). The average Bonchev–Trinajstić information content (AvgIpc) is 2.14. The Bertz CT molecular complexity index is 439. The van der Waals surface area contributed by atoms with Crippen LogP contribution < -0.4 is 4.74 Å². The normalized spacial score (nSPS) is 11.4. The number of methoxy groups -OCH3 is 1. The summed E-state index contributed by atoms with van der Waals surface area (Å²) in [6.07, 6.45) is 0.0309. The van der Waals surface area contributed by atoms with Gasteiger partial charge in [-0.05, 0) is 18.6 Å². The van der Waals surface area contributed by atoms with Gasteiger partial charge < -0.3 is 9.84 Å². The maximum Gasteiger partial charge on any atom is 0.304 e. The van der Waals surface area contributed by atoms with Crippen LogP contribution in [0, 0.1) is 6.92 Å². The lowest BCUT2D eigenvalue weighted by Gasteiger charge is -2.26. The summed E-state index contributed by atoms with van der Waals surface area (Å²) >= 11 is 6.10. The van der Waals surface area contributed by atoms with E-state index in [-0.39, 0.29) is 6.42 Å². The van der Waals surface area contributed by atoms with Gasteiger partial charge in [0.15, 0.2) is 0 Å². The van der Waals surface area contributed by atoms with Crippen molar-refractivity contribution in [2.45, 2.75) is 32.6 Å². The Balaban J connectivity index is 3.33. The number of hydrogen-bond donors (Lipinski definition) is 1. The number of carbonyl (C=O) groups is 1. The molecule has 0 aliphatic heterocycles. The van der Waals surface area contributed by atoms with Crippen molar-refractivity contribution in [3.05, 3.63) is 28.3 Å². The smallest absolute Gasteiger partial charge is 0.304 e. The van der Waals surface area contributed by atoms with Crippen LogP contribution >= 0.6 is 11.6 Å². The van der Waals surface area contributed by atoms with E-state index in [1.54, 1.807) is 6.07 Å². The monoisotopic (exact) mass is 256 g/mol. The van der Waals surface area contributed by atoms with Gasteiger partial charge in [-0.3, -0.25) is 4.79 Å². The first-order chi connectivity index (χ1) is 7.77. The number of carboxylic acid groups (broad SMARTS) is 1. The average molecular weight is 257 g/mol. The Morgan fingerprint density at radius 2 is 2.06 bits per heavy atom. The van der Waals surface area contributed by atoms with Gasteiger partial charge in [0.2, 0.25) is 0 Å². The summed E-state index contributed by atoms with van der Waals surface area (Å²) < 4.78 is 5.27. The molecule has 1 rings (SSSR count). The SMILES string of the molecule is COc1c(Cl)cc(C)cc1C(C)(C)CC(=O)O. The molecule has 1 aromatic rings. The molecule has 0 atom stereocenters. The summed E-state index contributed by atoms with van der Waals surface area (Å²) in [5, 5.41) is 9.45. The molecule has 0 unspecified atom stereocenters. The van der Waals surface area contributed by atoms with Crippen molar-refractivity contribution in [2.75, 3.05) is 7.11 Å². The third-order valence-electron chi connectivity index (χ3n) is 2.71. The summed E-state index contributed by atoms with van der Waals surface area (Å²) in [5.41, 5.74) is 1.30. The van der Waals surface area contributed by atoms with Crippen molar-refractivity contribution in [1.29, 1.82) is 0 Å². The molecule has 0 spiro atoms. The zero-order valence-electron chi connectivity index (χ0n) is 10.5.